The van der Waals surface area contributed by atoms with Crippen LogP contribution in [0.15, 0.2) is 4.99 Å². The Hall–Kier alpha value is -0.620. The van der Waals surface area contributed by atoms with Crippen LogP contribution in [-0.4, -0.2) is 39.8 Å². The quantitative estimate of drug-likeness (QED) is 0.551. The van der Waals surface area contributed by atoms with Crippen LogP contribution in [0.5, 0.6) is 0 Å². The fourth-order valence-electron chi connectivity index (χ4n) is 1.90. The smallest absolute Gasteiger partial charge is 0.463 e. The number of nitrogens with zero attached hydrogens (tertiary/aromatic N) is 1. The molecule has 2 fully saturated rings. The fourth-order valence-corrected chi connectivity index (χ4v) is 1.90. The summed E-state index contributed by atoms with van der Waals surface area (Å²) in [4.78, 5) is 25.2. The van der Waals surface area contributed by atoms with E-state index in [1.54, 1.807) is 0 Å². The highest BCUT2D eigenvalue weighted by atomic mass is 31.2. The van der Waals surface area contributed by atoms with Crippen LogP contribution in [0.1, 0.15) is 31.2 Å². The van der Waals surface area contributed by atoms with Crippen molar-refractivity contribution in [1.82, 2.24) is 5.32 Å². The van der Waals surface area contributed by atoms with E-state index in [2.05, 4.69) is 10.3 Å². The summed E-state index contributed by atoms with van der Waals surface area (Å²) in [7, 11) is -4.64. The summed E-state index contributed by atoms with van der Waals surface area (Å²) < 4.78 is 43.6. The molecule has 0 spiro atoms. The van der Waals surface area contributed by atoms with Crippen LogP contribution in [0.2, 0.25) is 0 Å². The Kier molecular flexibility index (Phi) is 2.88. The van der Waals surface area contributed by atoms with Crippen LogP contribution in [0, 0.1) is 11.8 Å². The Balaban J connectivity index is 0.000000309. The van der Waals surface area contributed by atoms with Crippen LogP contribution in [-0.2, 0) is 9.30 Å². The molecule has 0 amide bonds. The summed E-state index contributed by atoms with van der Waals surface area (Å²) in [6.45, 7) is -4.67. The van der Waals surface area contributed by atoms with E-state index in [1.165, 1.54) is 25.7 Å². The van der Waals surface area contributed by atoms with E-state index in [9.17, 15) is 0 Å². The third kappa shape index (κ3) is 5.35. The maximum atomic E-state index is 8.88. The SMILES string of the molecule is O=P(O)(O)O.[2H]C1([2H])N=C(NC(C2CC2)C2CC2)OC1([2H])[2H]. The molecule has 0 radical (unpaired) electrons. The Morgan fingerprint density at radius 2 is 1.83 bits per heavy atom. The average molecular weight is 282 g/mol. The van der Waals surface area contributed by atoms with Crippen molar-refractivity contribution in [3.05, 3.63) is 0 Å². The highest BCUT2D eigenvalue weighted by molar-refractivity contribution is 7.45. The molecule has 0 aromatic carbocycles. The number of rotatable bonds is 3. The van der Waals surface area contributed by atoms with Crippen LogP contribution in [0.25, 0.3) is 0 Å². The van der Waals surface area contributed by atoms with Gasteiger partial charge in [-0.2, -0.15) is 0 Å². The Bertz CT molecular complexity index is 483. The van der Waals surface area contributed by atoms with Crippen molar-refractivity contribution in [1.29, 1.82) is 0 Å². The molecule has 4 N–H and O–H groups in total. The Morgan fingerprint density at radius 1 is 1.33 bits per heavy atom. The van der Waals surface area contributed by atoms with Gasteiger partial charge >= 0.3 is 7.82 Å². The minimum atomic E-state index is -4.64. The van der Waals surface area contributed by atoms with Crippen LogP contribution in [0.3, 0.4) is 0 Å². The summed E-state index contributed by atoms with van der Waals surface area (Å²) >= 11 is 0. The van der Waals surface area contributed by atoms with Crippen molar-refractivity contribution >= 4 is 13.8 Å². The molecule has 1 aliphatic heterocycles. The zero-order valence-electron chi connectivity index (χ0n) is 13.6. The average Bonchev–Trinajstić information content (AvgIpc) is 3.15. The number of aliphatic imine (C=N–C) groups is 1. The van der Waals surface area contributed by atoms with Crippen molar-refractivity contribution in [2.75, 3.05) is 13.1 Å². The monoisotopic (exact) mass is 282 g/mol. The molecule has 0 bridgehead atoms. The fraction of sp³-hybridized carbons (Fsp3) is 0.900. The molecule has 0 atom stereocenters. The van der Waals surface area contributed by atoms with Crippen molar-refractivity contribution in [3.63, 3.8) is 0 Å². The predicted octanol–water partition coefficient (Wildman–Crippen LogP) is 0.222. The molecule has 7 nitrogen and oxygen atoms in total. The topological polar surface area (TPSA) is 111 Å². The van der Waals surface area contributed by atoms with Gasteiger partial charge in [0.25, 0.3) is 6.02 Å². The van der Waals surface area contributed by atoms with E-state index >= 15 is 0 Å². The number of nitrogens with one attached hydrogen (secondary N) is 1. The van der Waals surface area contributed by atoms with Gasteiger partial charge in [-0.25, -0.2) is 9.56 Å². The lowest BCUT2D eigenvalue weighted by Crippen LogP contribution is -2.38. The van der Waals surface area contributed by atoms with Gasteiger partial charge in [0.05, 0.1) is 12.0 Å². The van der Waals surface area contributed by atoms with Crippen molar-refractivity contribution < 1.29 is 29.5 Å². The van der Waals surface area contributed by atoms with E-state index in [0.29, 0.717) is 17.9 Å². The third-order valence-electron chi connectivity index (χ3n) is 2.90. The molecule has 0 unspecified atom stereocenters. The first-order valence-electron chi connectivity index (χ1n) is 7.73. The summed E-state index contributed by atoms with van der Waals surface area (Å²) in [5.74, 6) is 1.26. The molecule has 8 heteroatoms. The van der Waals surface area contributed by atoms with Gasteiger partial charge in [-0.05, 0) is 37.5 Å². The molecule has 2 saturated carbocycles. The van der Waals surface area contributed by atoms with Crippen LogP contribution < -0.4 is 5.32 Å². The zero-order valence-corrected chi connectivity index (χ0v) is 10.5. The standard InChI is InChI=1S/C10H16N2O.H3O4P/c1-2-7(1)9(8-3-4-8)12-10-11-5-6-13-10;1-5(2,3)4/h7-9H,1-6H2,(H,11,12);(H3,1,2,3,4)/i5D2,6D2;. The third-order valence-corrected chi connectivity index (χ3v) is 2.90. The number of ether oxygens (including phenoxy) is 1. The van der Waals surface area contributed by atoms with Gasteiger partial charge < -0.3 is 24.7 Å². The van der Waals surface area contributed by atoms with Gasteiger partial charge in [0.2, 0.25) is 0 Å². The van der Waals surface area contributed by atoms with Gasteiger partial charge in [-0.15, -0.1) is 0 Å². The van der Waals surface area contributed by atoms with Crippen molar-refractivity contribution in [2.45, 2.75) is 31.7 Å². The van der Waals surface area contributed by atoms with Crippen molar-refractivity contribution in [3.8, 4) is 0 Å². The number of hydrogen-bond donors (Lipinski definition) is 4. The van der Waals surface area contributed by atoms with Crippen LogP contribution >= 0.6 is 7.82 Å². The maximum Gasteiger partial charge on any atom is 0.466 e. The molecule has 3 rings (SSSR count). The van der Waals surface area contributed by atoms with Gasteiger partial charge in [-0.3, -0.25) is 0 Å². The van der Waals surface area contributed by atoms with Gasteiger partial charge in [0.1, 0.15) is 6.56 Å². The zero-order chi connectivity index (χ0) is 16.8. The first-order chi connectivity index (χ1) is 9.89. The lowest BCUT2D eigenvalue weighted by molar-refractivity contribution is 0.275. The Labute approximate surface area is 111 Å². The largest absolute Gasteiger partial charge is 0.466 e. The second-order valence-electron chi connectivity index (χ2n) is 4.59. The van der Waals surface area contributed by atoms with E-state index < -0.39 is 20.9 Å². The van der Waals surface area contributed by atoms with Gasteiger partial charge in [0.15, 0.2) is 0 Å². The minimum Gasteiger partial charge on any atom is -0.463 e. The van der Waals surface area contributed by atoms with Gasteiger partial charge in [-0.1, -0.05) is 0 Å². The highest BCUT2D eigenvalue weighted by Crippen LogP contribution is 2.44. The van der Waals surface area contributed by atoms with E-state index in [0.717, 1.165) is 0 Å². The number of hydrogen-bond acceptors (Lipinski definition) is 4. The Morgan fingerprint density at radius 3 is 2.17 bits per heavy atom. The molecule has 0 saturated heterocycles. The molecule has 3 aliphatic rings. The molecule has 104 valence electrons. The summed E-state index contributed by atoms with van der Waals surface area (Å²) in [5, 5.41) is 3.10. The first-order valence-corrected chi connectivity index (χ1v) is 7.29. The second kappa shape index (κ2) is 5.57. The van der Waals surface area contributed by atoms with Gasteiger partial charge in [0, 0.05) is 6.04 Å². The number of amidine groups is 1. The highest BCUT2D eigenvalue weighted by Gasteiger charge is 2.42. The molecular formula is C10H19N2O5P. The minimum absolute atomic E-state index is 0.0313. The molecular weight excluding hydrogens is 259 g/mol. The summed E-state index contributed by atoms with van der Waals surface area (Å²) in [5.41, 5.74) is 0. The summed E-state index contributed by atoms with van der Waals surface area (Å²) in [6.07, 6.45) is 4.78. The summed E-state index contributed by atoms with van der Waals surface area (Å²) in [6, 6.07) is 0.322. The van der Waals surface area contributed by atoms with Crippen molar-refractivity contribution in [2.24, 2.45) is 16.8 Å². The first kappa shape index (κ1) is 9.31. The molecule has 0 aromatic heterocycles. The second-order valence-corrected chi connectivity index (χ2v) is 5.62. The normalized spacial score (nSPS) is 31.9. The molecule has 18 heavy (non-hydrogen) atoms. The lowest BCUT2D eigenvalue weighted by atomic mass is 10.1. The maximum absolute atomic E-state index is 8.88. The molecule has 0 aromatic rings. The molecule has 2 aliphatic carbocycles. The lowest BCUT2D eigenvalue weighted by Gasteiger charge is -2.17. The van der Waals surface area contributed by atoms with E-state index in [1.807, 2.05) is 0 Å². The molecule has 1 heterocycles. The predicted molar refractivity (Wildman–Crippen MR) is 64.9 cm³/mol. The van der Waals surface area contributed by atoms with Crippen LogP contribution in [0.4, 0.5) is 0 Å². The number of phosphoric acid groups is 1. The van der Waals surface area contributed by atoms with E-state index in [-0.39, 0.29) is 6.02 Å². The van der Waals surface area contributed by atoms with E-state index in [4.69, 9.17) is 29.5 Å².